The molecule has 4 aromatic rings. The first-order valence-corrected chi connectivity index (χ1v) is 8.42. The number of pyridine rings is 1. The molecule has 4 heteroatoms. The maximum Gasteiger partial charge on any atom is 0.218 e. The van der Waals surface area contributed by atoms with Gasteiger partial charge in [0.05, 0.1) is 11.6 Å². The average Bonchev–Trinajstić information content (AvgIpc) is 2.69. The lowest BCUT2D eigenvalue weighted by Crippen LogP contribution is -2.36. The second kappa shape index (κ2) is 6.38. The molecule has 0 aliphatic carbocycles. The van der Waals surface area contributed by atoms with Crippen LogP contribution in [0.25, 0.3) is 28.0 Å². The Hall–Kier alpha value is -3.58. The van der Waals surface area contributed by atoms with Crippen molar-refractivity contribution in [3.63, 3.8) is 0 Å². The van der Waals surface area contributed by atoms with Crippen LogP contribution in [0.5, 0.6) is 0 Å². The molecule has 4 nitrogen and oxygen atoms in total. The third kappa shape index (κ3) is 2.60. The molecule has 0 radical (unpaired) electrons. The van der Waals surface area contributed by atoms with Gasteiger partial charge in [0.15, 0.2) is 11.5 Å². The second-order valence-corrected chi connectivity index (χ2v) is 6.22. The Bertz CT molecular complexity index is 1160. The monoisotopic (exact) mass is 337 g/mol. The highest BCUT2D eigenvalue weighted by Gasteiger charge is 2.22. The summed E-state index contributed by atoms with van der Waals surface area (Å²) >= 11 is 0. The number of hydrogen-bond acceptors (Lipinski definition) is 3. The zero-order chi connectivity index (χ0) is 18.1. The lowest BCUT2D eigenvalue weighted by Gasteiger charge is -2.10. The maximum atomic E-state index is 9.55. The number of nitrogens with zero attached hydrogens (tertiary/aromatic N) is 4. The Morgan fingerprint density at radius 1 is 0.923 bits per heavy atom. The lowest BCUT2D eigenvalue weighted by molar-refractivity contribution is -0.574. The number of benzene rings is 2. The van der Waals surface area contributed by atoms with E-state index in [0.29, 0.717) is 11.4 Å². The molecule has 0 atom stereocenters. The normalized spacial score (nSPS) is 10.7. The van der Waals surface area contributed by atoms with E-state index in [1.165, 1.54) is 0 Å². The first-order chi connectivity index (χ1) is 12.7. The van der Waals surface area contributed by atoms with E-state index in [-0.39, 0.29) is 0 Å². The molecule has 2 aromatic carbocycles. The van der Waals surface area contributed by atoms with Gasteiger partial charge >= 0.3 is 0 Å². The van der Waals surface area contributed by atoms with E-state index in [0.717, 1.165) is 33.4 Å². The second-order valence-electron chi connectivity index (χ2n) is 6.22. The van der Waals surface area contributed by atoms with Crippen molar-refractivity contribution >= 4 is 10.9 Å². The van der Waals surface area contributed by atoms with Crippen LogP contribution in [0.3, 0.4) is 0 Å². The Morgan fingerprint density at radius 2 is 1.69 bits per heavy atom. The summed E-state index contributed by atoms with van der Waals surface area (Å²) in [6.45, 7) is 4.13. The Balaban J connectivity index is 2.08. The molecule has 0 N–H and O–H groups in total. The van der Waals surface area contributed by atoms with Crippen LogP contribution in [0.15, 0.2) is 67.0 Å². The van der Waals surface area contributed by atoms with Crippen molar-refractivity contribution in [1.29, 1.82) is 5.26 Å². The van der Waals surface area contributed by atoms with Gasteiger partial charge in [0.1, 0.15) is 0 Å². The number of rotatable bonds is 2. The number of aromatic nitrogens is 3. The minimum Gasteiger partial charge on any atom is -0.237 e. The lowest BCUT2D eigenvalue weighted by atomic mass is 10.0. The van der Waals surface area contributed by atoms with Crippen LogP contribution in [0.1, 0.15) is 16.8 Å². The van der Waals surface area contributed by atoms with Crippen molar-refractivity contribution in [2.75, 3.05) is 0 Å². The number of para-hydroxylation sites is 1. The quantitative estimate of drug-likeness (QED) is 0.518. The number of aryl methyl sites for hydroxylation is 1. The van der Waals surface area contributed by atoms with E-state index >= 15 is 0 Å². The van der Waals surface area contributed by atoms with E-state index in [4.69, 9.17) is 0 Å². The van der Waals surface area contributed by atoms with Crippen molar-refractivity contribution in [1.82, 2.24) is 9.97 Å². The molecule has 0 unspecified atom stereocenters. The fourth-order valence-electron chi connectivity index (χ4n) is 3.29. The molecule has 0 aliphatic heterocycles. The third-order valence-electron chi connectivity index (χ3n) is 4.59. The Labute approximate surface area is 152 Å². The molecule has 4 rings (SSSR count). The van der Waals surface area contributed by atoms with E-state index in [1.54, 1.807) is 18.5 Å². The molecule has 2 aromatic heterocycles. The average molecular weight is 337 g/mol. The summed E-state index contributed by atoms with van der Waals surface area (Å²) in [7, 11) is 0. The van der Waals surface area contributed by atoms with Gasteiger partial charge in [-0.15, -0.1) is 0 Å². The maximum absolute atomic E-state index is 9.55. The van der Waals surface area contributed by atoms with Gasteiger partial charge in [0.2, 0.25) is 11.2 Å². The van der Waals surface area contributed by atoms with Gasteiger partial charge in [-0.1, -0.05) is 12.1 Å². The molecule has 0 saturated carbocycles. The predicted octanol–water partition coefficient (Wildman–Crippen LogP) is 4.06. The SMILES string of the molecule is Cc1c(-c2ncccn2)cc(C#N)cc1-[n+]1c(C)ccc2ccccc21. The fraction of sp³-hybridized carbons (Fsp3) is 0.0909. The number of fused-ring (bicyclic) bond motifs is 1. The smallest absolute Gasteiger partial charge is 0.218 e. The molecule has 0 spiro atoms. The first kappa shape index (κ1) is 15.9. The van der Waals surface area contributed by atoms with Gasteiger partial charge in [-0.2, -0.15) is 9.83 Å². The van der Waals surface area contributed by atoms with Gasteiger partial charge in [0, 0.05) is 54.0 Å². The molecule has 26 heavy (non-hydrogen) atoms. The summed E-state index contributed by atoms with van der Waals surface area (Å²) in [6.07, 6.45) is 3.44. The van der Waals surface area contributed by atoms with E-state index in [2.05, 4.69) is 58.7 Å². The van der Waals surface area contributed by atoms with Crippen molar-refractivity contribution in [2.45, 2.75) is 13.8 Å². The highest BCUT2D eigenvalue weighted by atomic mass is 15.0. The number of nitriles is 1. The molecule has 0 bridgehead atoms. The van der Waals surface area contributed by atoms with Crippen LogP contribution >= 0.6 is 0 Å². The van der Waals surface area contributed by atoms with Crippen LogP contribution in [0.2, 0.25) is 0 Å². The fourth-order valence-corrected chi connectivity index (χ4v) is 3.29. The zero-order valence-corrected chi connectivity index (χ0v) is 14.6. The summed E-state index contributed by atoms with van der Waals surface area (Å²) in [5.41, 5.74) is 5.68. The minimum atomic E-state index is 0.591. The summed E-state index contributed by atoms with van der Waals surface area (Å²) in [4.78, 5) is 8.75. The van der Waals surface area contributed by atoms with Crippen LogP contribution in [-0.4, -0.2) is 9.97 Å². The van der Waals surface area contributed by atoms with Crippen molar-refractivity contribution in [3.05, 3.63) is 83.8 Å². The minimum absolute atomic E-state index is 0.591. The first-order valence-electron chi connectivity index (χ1n) is 8.42. The van der Waals surface area contributed by atoms with E-state index in [1.807, 2.05) is 24.3 Å². The van der Waals surface area contributed by atoms with E-state index in [9.17, 15) is 5.26 Å². The predicted molar refractivity (Wildman–Crippen MR) is 101 cm³/mol. The van der Waals surface area contributed by atoms with Crippen LogP contribution in [0, 0.1) is 25.2 Å². The van der Waals surface area contributed by atoms with E-state index < -0.39 is 0 Å². The highest BCUT2D eigenvalue weighted by Crippen LogP contribution is 2.26. The largest absolute Gasteiger partial charge is 0.237 e. The van der Waals surface area contributed by atoms with Crippen LogP contribution in [-0.2, 0) is 0 Å². The molecular formula is C22H17N4+. The van der Waals surface area contributed by atoms with Gasteiger partial charge in [-0.05, 0) is 31.2 Å². The third-order valence-corrected chi connectivity index (χ3v) is 4.59. The zero-order valence-electron chi connectivity index (χ0n) is 14.6. The molecule has 0 fully saturated rings. The summed E-state index contributed by atoms with van der Waals surface area (Å²) < 4.78 is 2.19. The van der Waals surface area contributed by atoms with Crippen molar-refractivity contribution in [2.24, 2.45) is 0 Å². The summed E-state index contributed by atoms with van der Waals surface area (Å²) in [5, 5.41) is 10.7. The van der Waals surface area contributed by atoms with Crippen LogP contribution in [0.4, 0.5) is 0 Å². The summed E-state index contributed by atoms with van der Waals surface area (Å²) in [5.74, 6) is 0.627. The molecule has 124 valence electrons. The van der Waals surface area contributed by atoms with Crippen molar-refractivity contribution in [3.8, 4) is 23.1 Å². The van der Waals surface area contributed by atoms with Gasteiger partial charge in [-0.25, -0.2) is 9.97 Å². The van der Waals surface area contributed by atoms with Crippen molar-refractivity contribution < 1.29 is 4.57 Å². The van der Waals surface area contributed by atoms with Gasteiger partial charge in [-0.3, -0.25) is 0 Å². The molecular weight excluding hydrogens is 320 g/mol. The topological polar surface area (TPSA) is 53.5 Å². The van der Waals surface area contributed by atoms with Gasteiger partial charge < -0.3 is 0 Å². The highest BCUT2D eigenvalue weighted by molar-refractivity contribution is 5.76. The molecule has 2 heterocycles. The standard InChI is InChI=1S/C22H17N4/c1-15-8-9-18-6-3-4-7-20(18)26(15)21-13-17(14-23)12-19(16(21)2)22-24-10-5-11-25-22/h3-13H,1-2H3/q+1. The Morgan fingerprint density at radius 3 is 2.46 bits per heavy atom. The molecule has 0 saturated heterocycles. The molecule has 0 amide bonds. The Kier molecular flexibility index (Phi) is 3.91. The van der Waals surface area contributed by atoms with Crippen LogP contribution < -0.4 is 4.57 Å². The molecule has 0 aliphatic rings. The number of hydrogen-bond donors (Lipinski definition) is 0. The van der Waals surface area contributed by atoms with Gasteiger partial charge in [0.25, 0.3) is 0 Å². The summed E-state index contributed by atoms with van der Waals surface area (Å²) in [6, 6.07) is 20.3.